The van der Waals surface area contributed by atoms with Crippen molar-refractivity contribution in [2.75, 3.05) is 20.2 Å². The fourth-order valence-electron chi connectivity index (χ4n) is 2.79. The summed E-state index contributed by atoms with van der Waals surface area (Å²) in [4.78, 5) is 28.9. The number of carbonyl (C=O) groups is 2. The van der Waals surface area contributed by atoms with Gasteiger partial charge in [0.2, 0.25) is 0 Å². The van der Waals surface area contributed by atoms with Crippen molar-refractivity contribution in [3.05, 3.63) is 52.3 Å². The van der Waals surface area contributed by atoms with Crippen LogP contribution in [0.3, 0.4) is 0 Å². The van der Waals surface area contributed by atoms with Crippen LogP contribution < -0.4 is 4.74 Å². The number of aromatic amines is 1. The Labute approximate surface area is 142 Å². The van der Waals surface area contributed by atoms with E-state index in [9.17, 15) is 9.59 Å². The lowest BCUT2D eigenvalue weighted by Crippen LogP contribution is -2.31. The van der Waals surface area contributed by atoms with Crippen LogP contribution in [0, 0.1) is 20.8 Å². The number of hydrogen-bond donors (Lipinski definition) is 1. The molecule has 2 aromatic rings. The Morgan fingerprint density at radius 3 is 2.50 bits per heavy atom. The summed E-state index contributed by atoms with van der Waals surface area (Å²) in [5.41, 5.74) is 3.63. The fourth-order valence-corrected chi connectivity index (χ4v) is 2.79. The van der Waals surface area contributed by atoms with E-state index in [1.165, 1.54) is 6.92 Å². The van der Waals surface area contributed by atoms with Gasteiger partial charge in [0.1, 0.15) is 18.1 Å². The Bertz CT molecular complexity index is 762. The maximum absolute atomic E-state index is 12.6. The van der Waals surface area contributed by atoms with Crippen LogP contribution in [0.4, 0.5) is 0 Å². The molecular weight excluding hydrogens is 304 g/mol. The van der Waals surface area contributed by atoms with E-state index < -0.39 is 0 Å². The summed E-state index contributed by atoms with van der Waals surface area (Å²) in [6.07, 6.45) is 0. The Morgan fingerprint density at radius 1 is 1.21 bits per heavy atom. The molecule has 0 bridgehead atoms. The number of Topliss-reactive ketones (excluding diaryl/α,β-unsaturated/α-hetero) is 1. The fraction of sp³-hybridized carbons (Fsp3) is 0.368. The second-order valence-corrected chi connectivity index (χ2v) is 6.07. The van der Waals surface area contributed by atoms with Crippen molar-refractivity contribution in [1.29, 1.82) is 0 Å². The second kappa shape index (κ2) is 7.34. The first-order chi connectivity index (χ1) is 11.3. The largest absolute Gasteiger partial charge is 0.492 e. The summed E-state index contributed by atoms with van der Waals surface area (Å²) in [6, 6.07) is 7.80. The Morgan fingerprint density at radius 2 is 1.92 bits per heavy atom. The SMILES string of the molecule is CC(=O)c1c(C)[nH]c(C(=O)N(C)CCOc2cccc(C)c2)c1C. The molecule has 0 atom stereocenters. The van der Waals surface area contributed by atoms with Gasteiger partial charge in [-0.25, -0.2) is 0 Å². The molecule has 1 amide bonds. The van der Waals surface area contributed by atoms with Gasteiger partial charge < -0.3 is 14.6 Å². The van der Waals surface area contributed by atoms with Crippen molar-refractivity contribution in [3.63, 3.8) is 0 Å². The zero-order chi connectivity index (χ0) is 17.9. The van der Waals surface area contributed by atoms with Gasteiger partial charge in [0.05, 0.1) is 6.54 Å². The predicted octanol–water partition coefficient (Wildman–Crippen LogP) is 3.29. The molecule has 1 heterocycles. The van der Waals surface area contributed by atoms with Crippen molar-refractivity contribution in [1.82, 2.24) is 9.88 Å². The molecule has 5 heteroatoms. The topological polar surface area (TPSA) is 62.4 Å². The number of nitrogens with one attached hydrogen (secondary N) is 1. The smallest absolute Gasteiger partial charge is 0.270 e. The Kier molecular flexibility index (Phi) is 5.44. The molecule has 0 fully saturated rings. The van der Waals surface area contributed by atoms with Crippen LogP contribution >= 0.6 is 0 Å². The number of benzene rings is 1. The van der Waals surface area contributed by atoms with Crippen LogP contribution in [-0.4, -0.2) is 41.8 Å². The molecule has 0 saturated carbocycles. The molecule has 1 aromatic heterocycles. The quantitative estimate of drug-likeness (QED) is 0.828. The van der Waals surface area contributed by atoms with E-state index in [-0.39, 0.29) is 11.7 Å². The molecule has 0 saturated heterocycles. The molecule has 2 rings (SSSR count). The lowest BCUT2D eigenvalue weighted by molar-refractivity contribution is 0.0768. The first-order valence-electron chi connectivity index (χ1n) is 7.96. The standard InChI is InChI=1S/C19H24N2O3/c1-12-7-6-8-16(11-12)24-10-9-21(5)19(23)18-13(2)17(15(4)22)14(3)20-18/h6-8,11,20H,9-10H2,1-5H3. The van der Waals surface area contributed by atoms with Gasteiger partial charge in [-0.3, -0.25) is 9.59 Å². The minimum Gasteiger partial charge on any atom is -0.492 e. The minimum atomic E-state index is -0.143. The van der Waals surface area contributed by atoms with Gasteiger partial charge in [-0.05, 0) is 51.0 Å². The summed E-state index contributed by atoms with van der Waals surface area (Å²) < 4.78 is 5.68. The zero-order valence-corrected chi connectivity index (χ0v) is 14.9. The number of likely N-dealkylation sites (N-methyl/N-ethyl adjacent to an activating group) is 1. The average molecular weight is 328 g/mol. The molecular formula is C19H24N2O3. The predicted molar refractivity (Wildman–Crippen MR) is 93.9 cm³/mol. The third kappa shape index (κ3) is 3.85. The van der Waals surface area contributed by atoms with E-state index in [1.807, 2.05) is 31.2 Å². The highest BCUT2D eigenvalue weighted by Crippen LogP contribution is 2.19. The second-order valence-electron chi connectivity index (χ2n) is 6.07. The third-order valence-corrected chi connectivity index (χ3v) is 4.04. The molecule has 1 aromatic carbocycles. The van der Waals surface area contributed by atoms with Crippen molar-refractivity contribution in [2.45, 2.75) is 27.7 Å². The van der Waals surface area contributed by atoms with E-state index >= 15 is 0 Å². The Hall–Kier alpha value is -2.56. The van der Waals surface area contributed by atoms with E-state index in [0.717, 1.165) is 17.0 Å². The number of aryl methyl sites for hydroxylation is 2. The van der Waals surface area contributed by atoms with Crippen molar-refractivity contribution >= 4 is 11.7 Å². The number of H-pyrrole nitrogens is 1. The number of ether oxygens (including phenoxy) is 1. The van der Waals surface area contributed by atoms with E-state index in [1.54, 1.807) is 25.8 Å². The van der Waals surface area contributed by atoms with Crippen molar-refractivity contribution in [3.8, 4) is 5.75 Å². The van der Waals surface area contributed by atoms with Crippen LogP contribution in [-0.2, 0) is 0 Å². The molecule has 0 unspecified atom stereocenters. The molecule has 0 spiro atoms. The Balaban J connectivity index is 2.00. The molecule has 0 aliphatic heterocycles. The van der Waals surface area contributed by atoms with Gasteiger partial charge in [0, 0.05) is 18.3 Å². The number of aromatic nitrogens is 1. The summed E-state index contributed by atoms with van der Waals surface area (Å²) in [5.74, 6) is 0.614. The lowest BCUT2D eigenvalue weighted by Gasteiger charge is -2.17. The van der Waals surface area contributed by atoms with E-state index in [0.29, 0.717) is 30.0 Å². The highest BCUT2D eigenvalue weighted by molar-refractivity contribution is 6.02. The molecule has 128 valence electrons. The summed E-state index contributed by atoms with van der Waals surface area (Å²) in [6.45, 7) is 7.98. The molecule has 0 radical (unpaired) electrons. The van der Waals surface area contributed by atoms with Crippen LogP contribution in [0.25, 0.3) is 0 Å². The number of amides is 1. The minimum absolute atomic E-state index is 0.0364. The van der Waals surface area contributed by atoms with Gasteiger partial charge in [-0.15, -0.1) is 0 Å². The van der Waals surface area contributed by atoms with Crippen LogP contribution in [0.15, 0.2) is 24.3 Å². The van der Waals surface area contributed by atoms with E-state index in [2.05, 4.69) is 4.98 Å². The molecule has 0 aliphatic rings. The number of hydrogen-bond acceptors (Lipinski definition) is 3. The van der Waals surface area contributed by atoms with Crippen molar-refractivity contribution in [2.24, 2.45) is 0 Å². The zero-order valence-electron chi connectivity index (χ0n) is 14.9. The van der Waals surface area contributed by atoms with Crippen LogP contribution in [0.1, 0.15) is 44.6 Å². The third-order valence-electron chi connectivity index (χ3n) is 4.04. The summed E-state index contributed by atoms with van der Waals surface area (Å²) in [5, 5.41) is 0. The highest BCUT2D eigenvalue weighted by Gasteiger charge is 2.22. The first-order valence-corrected chi connectivity index (χ1v) is 7.96. The monoisotopic (exact) mass is 328 g/mol. The average Bonchev–Trinajstić information content (AvgIpc) is 2.81. The summed E-state index contributed by atoms with van der Waals surface area (Å²) >= 11 is 0. The van der Waals surface area contributed by atoms with Gasteiger partial charge in [-0.2, -0.15) is 0 Å². The molecule has 24 heavy (non-hydrogen) atoms. The number of rotatable bonds is 6. The maximum Gasteiger partial charge on any atom is 0.270 e. The van der Waals surface area contributed by atoms with Crippen LogP contribution in [0.2, 0.25) is 0 Å². The first kappa shape index (κ1) is 17.8. The molecule has 1 N–H and O–H groups in total. The van der Waals surface area contributed by atoms with Gasteiger partial charge in [0.25, 0.3) is 5.91 Å². The van der Waals surface area contributed by atoms with Gasteiger partial charge >= 0.3 is 0 Å². The maximum atomic E-state index is 12.6. The molecule has 0 aliphatic carbocycles. The molecule has 5 nitrogen and oxygen atoms in total. The lowest BCUT2D eigenvalue weighted by atomic mass is 10.1. The van der Waals surface area contributed by atoms with Gasteiger partial charge in [0.15, 0.2) is 5.78 Å². The van der Waals surface area contributed by atoms with Crippen molar-refractivity contribution < 1.29 is 14.3 Å². The number of nitrogens with zero attached hydrogens (tertiary/aromatic N) is 1. The highest BCUT2D eigenvalue weighted by atomic mass is 16.5. The van der Waals surface area contributed by atoms with Crippen LogP contribution in [0.5, 0.6) is 5.75 Å². The number of carbonyl (C=O) groups excluding carboxylic acids is 2. The normalized spacial score (nSPS) is 10.5. The number of ketones is 1. The summed E-state index contributed by atoms with van der Waals surface area (Å²) in [7, 11) is 1.73. The van der Waals surface area contributed by atoms with Gasteiger partial charge in [-0.1, -0.05) is 12.1 Å². The van der Waals surface area contributed by atoms with E-state index in [4.69, 9.17) is 4.74 Å².